The fourth-order valence-electron chi connectivity index (χ4n) is 1.86. The van der Waals surface area contributed by atoms with E-state index in [1.165, 1.54) is 4.68 Å². The summed E-state index contributed by atoms with van der Waals surface area (Å²) in [4.78, 5) is 12.3. The number of fused-ring (bicyclic) bond motifs is 1. The largest absolute Gasteiger partial charge is 0.368 e. The van der Waals surface area contributed by atoms with E-state index in [1.54, 1.807) is 18.6 Å². The molecule has 0 radical (unpaired) electrons. The van der Waals surface area contributed by atoms with Gasteiger partial charge in [-0.15, -0.1) is 0 Å². The van der Waals surface area contributed by atoms with Gasteiger partial charge in [0.05, 0.1) is 17.3 Å². The lowest BCUT2D eigenvalue weighted by molar-refractivity contribution is 0.847. The molecular weight excluding hydrogens is 226 g/mol. The third kappa shape index (κ3) is 1.73. The molecule has 0 spiro atoms. The lowest BCUT2D eigenvalue weighted by Crippen LogP contribution is -2.21. The Morgan fingerprint density at radius 2 is 2.06 bits per heavy atom. The molecule has 0 amide bonds. The van der Waals surface area contributed by atoms with E-state index in [9.17, 15) is 4.79 Å². The summed E-state index contributed by atoms with van der Waals surface area (Å²) in [6.07, 6.45) is 10.7. The highest BCUT2D eigenvalue weighted by Crippen LogP contribution is 2.10. The number of hydrogen-bond donors (Lipinski definition) is 1. The summed E-state index contributed by atoms with van der Waals surface area (Å²) in [6.45, 7) is 0. The second kappa shape index (κ2) is 4.33. The van der Waals surface area contributed by atoms with Crippen molar-refractivity contribution in [3.8, 4) is 0 Å². The van der Waals surface area contributed by atoms with Crippen LogP contribution in [0.4, 0.5) is 0 Å². The van der Waals surface area contributed by atoms with E-state index in [4.69, 9.17) is 0 Å². The predicted molar refractivity (Wildman–Crippen MR) is 71.7 cm³/mol. The standard InChI is InChI=1S/C14H11N3O/c18-14-13-6-2-1-4-11(13)10-16-17(14)12-5-3-8-15-9-7-12/h1-10,15H. The van der Waals surface area contributed by atoms with Crippen LogP contribution < -0.4 is 10.9 Å². The van der Waals surface area contributed by atoms with Crippen LogP contribution in [-0.4, -0.2) is 9.78 Å². The van der Waals surface area contributed by atoms with Crippen LogP contribution in [0.15, 0.2) is 65.9 Å². The first-order valence-corrected chi connectivity index (χ1v) is 5.63. The summed E-state index contributed by atoms with van der Waals surface area (Å²) >= 11 is 0. The molecule has 0 aliphatic carbocycles. The highest BCUT2D eigenvalue weighted by Gasteiger charge is 2.05. The van der Waals surface area contributed by atoms with Gasteiger partial charge in [-0.3, -0.25) is 4.79 Å². The van der Waals surface area contributed by atoms with Crippen molar-refractivity contribution in [2.45, 2.75) is 0 Å². The van der Waals surface area contributed by atoms with Gasteiger partial charge in [0.25, 0.3) is 5.56 Å². The summed E-state index contributed by atoms with van der Waals surface area (Å²) in [5.74, 6) is 0. The Kier molecular flexibility index (Phi) is 2.53. The zero-order valence-electron chi connectivity index (χ0n) is 9.58. The van der Waals surface area contributed by atoms with Gasteiger partial charge in [0.15, 0.2) is 0 Å². The van der Waals surface area contributed by atoms with Crippen LogP contribution in [0.3, 0.4) is 0 Å². The average molecular weight is 237 g/mol. The van der Waals surface area contributed by atoms with Gasteiger partial charge in [-0.05, 0) is 24.3 Å². The minimum atomic E-state index is -0.112. The summed E-state index contributed by atoms with van der Waals surface area (Å²) in [5.41, 5.74) is 0.617. The first-order chi connectivity index (χ1) is 8.86. The van der Waals surface area contributed by atoms with Gasteiger partial charge >= 0.3 is 0 Å². The maximum Gasteiger partial charge on any atom is 0.279 e. The maximum absolute atomic E-state index is 12.3. The molecular formula is C14H11N3O. The average Bonchev–Trinajstić information content (AvgIpc) is 2.68. The minimum Gasteiger partial charge on any atom is -0.368 e. The number of benzene rings is 1. The fourth-order valence-corrected chi connectivity index (χ4v) is 1.86. The van der Waals surface area contributed by atoms with Crippen molar-refractivity contribution in [1.82, 2.24) is 15.1 Å². The van der Waals surface area contributed by atoms with Gasteiger partial charge in [-0.1, -0.05) is 18.2 Å². The van der Waals surface area contributed by atoms with Crippen LogP contribution >= 0.6 is 0 Å². The zero-order valence-corrected chi connectivity index (χ0v) is 9.58. The molecule has 0 atom stereocenters. The van der Waals surface area contributed by atoms with E-state index < -0.39 is 0 Å². The topological polar surface area (TPSA) is 46.9 Å². The molecule has 1 aliphatic heterocycles. The summed E-state index contributed by atoms with van der Waals surface area (Å²) < 4.78 is 1.40. The van der Waals surface area contributed by atoms with Gasteiger partial charge in [0.1, 0.15) is 0 Å². The van der Waals surface area contributed by atoms with Gasteiger partial charge in [0, 0.05) is 17.8 Å². The molecule has 0 bridgehead atoms. The molecule has 18 heavy (non-hydrogen) atoms. The number of nitrogens with zero attached hydrogens (tertiary/aromatic N) is 2. The van der Waals surface area contributed by atoms with Crippen molar-refractivity contribution in [2.24, 2.45) is 0 Å². The summed E-state index contributed by atoms with van der Waals surface area (Å²) in [5, 5.41) is 8.66. The SMILES string of the molecule is O=c1c2ccccc2cnn1C1=CC=CNC=C1. The zero-order chi connectivity index (χ0) is 12.4. The molecule has 2 aromatic rings. The van der Waals surface area contributed by atoms with Crippen LogP contribution in [0.5, 0.6) is 0 Å². The number of rotatable bonds is 1. The third-order valence-corrected chi connectivity index (χ3v) is 2.75. The fraction of sp³-hybridized carbons (Fsp3) is 0. The molecule has 0 saturated carbocycles. The Hall–Kier alpha value is -2.62. The first kappa shape index (κ1) is 10.5. The molecule has 1 aromatic carbocycles. The van der Waals surface area contributed by atoms with E-state index >= 15 is 0 Å². The van der Waals surface area contributed by atoms with Crippen molar-refractivity contribution >= 4 is 16.5 Å². The molecule has 88 valence electrons. The van der Waals surface area contributed by atoms with E-state index in [2.05, 4.69) is 10.4 Å². The van der Waals surface area contributed by atoms with Crippen molar-refractivity contribution < 1.29 is 0 Å². The van der Waals surface area contributed by atoms with Crippen LogP contribution in [0, 0.1) is 0 Å². The van der Waals surface area contributed by atoms with Gasteiger partial charge in [-0.2, -0.15) is 9.78 Å². The molecule has 3 rings (SSSR count). The highest BCUT2D eigenvalue weighted by atomic mass is 16.1. The van der Waals surface area contributed by atoms with E-state index in [1.807, 2.05) is 42.5 Å². The van der Waals surface area contributed by atoms with Crippen LogP contribution in [0.2, 0.25) is 0 Å². The Labute approximate surface area is 104 Å². The molecule has 0 unspecified atom stereocenters. The Morgan fingerprint density at radius 3 is 3.00 bits per heavy atom. The second-order valence-corrected chi connectivity index (χ2v) is 3.90. The van der Waals surface area contributed by atoms with Crippen LogP contribution in [0.25, 0.3) is 16.5 Å². The quantitative estimate of drug-likeness (QED) is 0.823. The number of hydrogen-bond acceptors (Lipinski definition) is 3. The van der Waals surface area contributed by atoms with Crippen molar-refractivity contribution in [2.75, 3.05) is 0 Å². The lowest BCUT2D eigenvalue weighted by Gasteiger charge is -2.05. The van der Waals surface area contributed by atoms with E-state index in [0.717, 1.165) is 11.1 Å². The van der Waals surface area contributed by atoms with E-state index in [-0.39, 0.29) is 5.56 Å². The Balaban J connectivity index is 2.25. The smallest absolute Gasteiger partial charge is 0.279 e. The molecule has 1 aliphatic rings. The number of aromatic nitrogens is 2. The Bertz CT molecular complexity index is 738. The van der Waals surface area contributed by atoms with E-state index in [0.29, 0.717) is 5.39 Å². The summed E-state index contributed by atoms with van der Waals surface area (Å²) in [7, 11) is 0. The molecule has 2 heterocycles. The van der Waals surface area contributed by atoms with Crippen LogP contribution in [0.1, 0.15) is 0 Å². The first-order valence-electron chi connectivity index (χ1n) is 5.63. The molecule has 4 heteroatoms. The third-order valence-electron chi connectivity index (χ3n) is 2.75. The normalized spacial score (nSPS) is 14.1. The van der Waals surface area contributed by atoms with Crippen LogP contribution in [-0.2, 0) is 0 Å². The molecule has 1 aromatic heterocycles. The molecule has 4 nitrogen and oxygen atoms in total. The number of allylic oxidation sites excluding steroid dienone is 4. The minimum absolute atomic E-state index is 0.112. The van der Waals surface area contributed by atoms with Crippen molar-refractivity contribution in [3.63, 3.8) is 0 Å². The summed E-state index contributed by atoms with van der Waals surface area (Å²) in [6, 6.07) is 7.44. The lowest BCUT2D eigenvalue weighted by atomic mass is 10.2. The number of nitrogens with one attached hydrogen (secondary N) is 1. The van der Waals surface area contributed by atoms with Crippen molar-refractivity contribution in [1.29, 1.82) is 0 Å². The van der Waals surface area contributed by atoms with Crippen molar-refractivity contribution in [3.05, 3.63) is 71.4 Å². The predicted octanol–water partition coefficient (Wildman–Crippen LogP) is 1.87. The highest BCUT2D eigenvalue weighted by molar-refractivity contribution is 5.81. The monoisotopic (exact) mass is 237 g/mol. The molecule has 0 fully saturated rings. The second-order valence-electron chi connectivity index (χ2n) is 3.90. The Morgan fingerprint density at radius 1 is 1.17 bits per heavy atom. The molecule has 1 N–H and O–H groups in total. The van der Waals surface area contributed by atoms with Gasteiger partial charge in [-0.25, -0.2) is 0 Å². The van der Waals surface area contributed by atoms with Gasteiger partial charge < -0.3 is 5.32 Å². The van der Waals surface area contributed by atoms with Gasteiger partial charge in [0.2, 0.25) is 0 Å². The maximum atomic E-state index is 12.3. The molecule has 0 saturated heterocycles.